The summed E-state index contributed by atoms with van der Waals surface area (Å²) in [6, 6.07) is 6.23. The van der Waals surface area contributed by atoms with Crippen LogP contribution in [0.2, 0.25) is 0 Å². The number of aryl methyl sites for hydroxylation is 1. The number of rotatable bonds is 6. The first-order valence-corrected chi connectivity index (χ1v) is 7.87. The number of amides is 1. The monoisotopic (exact) mass is 318 g/mol. The van der Waals surface area contributed by atoms with Crippen molar-refractivity contribution in [1.82, 2.24) is 19.9 Å². The number of carbonyl (C=O) groups is 1. The topological polar surface area (TPSA) is 59.3 Å². The summed E-state index contributed by atoms with van der Waals surface area (Å²) < 4.78 is 14.6. The van der Waals surface area contributed by atoms with E-state index in [1.165, 1.54) is 29.8 Å². The van der Waals surface area contributed by atoms with Gasteiger partial charge in [0, 0.05) is 24.8 Å². The molecule has 0 aliphatic carbocycles. The Labute approximate surface area is 130 Å². The summed E-state index contributed by atoms with van der Waals surface area (Å²) in [7, 11) is 0. The van der Waals surface area contributed by atoms with E-state index in [4.69, 9.17) is 0 Å². The molecule has 0 unspecified atom stereocenters. The van der Waals surface area contributed by atoms with Crippen molar-refractivity contribution in [2.45, 2.75) is 19.3 Å². The van der Waals surface area contributed by atoms with Crippen LogP contribution in [0.4, 0.5) is 4.39 Å². The lowest BCUT2D eigenvalue weighted by Crippen LogP contribution is -2.26. The first-order valence-electron chi connectivity index (χ1n) is 6.99. The van der Waals surface area contributed by atoms with Gasteiger partial charge in [-0.15, -0.1) is 11.3 Å². The molecule has 5 nitrogen and oxygen atoms in total. The van der Waals surface area contributed by atoms with Crippen LogP contribution < -0.4 is 5.32 Å². The third kappa shape index (κ3) is 3.48. The van der Waals surface area contributed by atoms with Crippen LogP contribution in [0.15, 0.2) is 36.0 Å². The first-order chi connectivity index (χ1) is 10.7. The summed E-state index contributed by atoms with van der Waals surface area (Å²) in [5.41, 5.74) is 2.00. The van der Waals surface area contributed by atoms with E-state index in [0.717, 1.165) is 16.2 Å². The number of fused-ring (bicyclic) bond motifs is 1. The van der Waals surface area contributed by atoms with Crippen LogP contribution in [-0.2, 0) is 17.6 Å². The second-order valence-corrected chi connectivity index (χ2v) is 5.74. The van der Waals surface area contributed by atoms with Gasteiger partial charge in [0.1, 0.15) is 12.1 Å². The van der Waals surface area contributed by atoms with E-state index >= 15 is 0 Å². The average Bonchev–Trinajstić information content (AvgIpc) is 3.11. The minimum Gasteiger partial charge on any atom is -0.356 e. The van der Waals surface area contributed by atoms with Crippen LogP contribution in [0, 0.1) is 5.82 Å². The van der Waals surface area contributed by atoms with Gasteiger partial charge < -0.3 is 5.32 Å². The van der Waals surface area contributed by atoms with Gasteiger partial charge in [-0.25, -0.2) is 13.9 Å². The largest absolute Gasteiger partial charge is 0.356 e. The maximum Gasteiger partial charge on any atom is 0.220 e. The van der Waals surface area contributed by atoms with Crippen molar-refractivity contribution in [1.29, 1.82) is 0 Å². The van der Waals surface area contributed by atoms with Crippen LogP contribution in [0.5, 0.6) is 0 Å². The fourth-order valence-electron chi connectivity index (χ4n) is 2.17. The van der Waals surface area contributed by atoms with Gasteiger partial charge in [-0.05, 0) is 24.1 Å². The zero-order valence-corrected chi connectivity index (χ0v) is 12.6. The molecule has 22 heavy (non-hydrogen) atoms. The van der Waals surface area contributed by atoms with E-state index in [1.807, 2.05) is 5.38 Å². The van der Waals surface area contributed by atoms with Crippen molar-refractivity contribution in [2.75, 3.05) is 6.54 Å². The molecule has 0 spiro atoms. The normalized spacial score (nSPS) is 11.0. The van der Waals surface area contributed by atoms with E-state index in [2.05, 4.69) is 15.4 Å². The van der Waals surface area contributed by atoms with Crippen molar-refractivity contribution in [3.63, 3.8) is 0 Å². The van der Waals surface area contributed by atoms with Crippen molar-refractivity contribution in [2.24, 2.45) is 0 Å². The molecule has 0 bridgehead atoms. The van der Waals surface area contributed by atoms with Gasteiger partial charge in [-0.1, -0.05) is 12.1 Å². The molecular formula is C15H15FN4OS. The Morgan fingerprint density at radius 2 is 2.09 bits per heavy atom. The molecule has 0 aliphatic rings. The number of carbonyl (C=O) groups excluding carboxylic acids is 1. The molecular weight excluding hydrogens is 303 g/mol. The van der Waals surface area contributed by atoms with Gasteiger partial charge in [0.05, 0.1) is 5.69 Å². The molecule has 1 amide bonds. The van der Waals surface area contributed by atoms with Crippen molar-refractivity contribution in [3.8, 4) is 0 Å². The lowest BCUT2D eigenvalue weighted by molar-refractivity contribution is -0.121. The van der Waals surface area contributed by atoms with E-state index < -0.39 is 0 Å². The molecule has 114 valence electrons. The summed E-state index contributed by atoms with van der Waals surface area (Å²) in [6.07, 6.45) is 3.24. The number of hydrogen-bond acceptors (Lipinski definition) is 4. The quantitative estimate of drug-likeness (QED) is 0.758. The maximum atomic E-state index is 12.8. The van der Waals surface area contributed by atoms with Crippen LogP contribution in [0.25, 0.3) is 4.96 Å². The maximum absolute atomic E-state index is 12.8. The Bertz CT molecular complexity index is 765. The van der Waals surface area contributed by atoms with Gasteiger partial charge in [-0.3, -0.25) is 4.79 Å². The molecule has 1 N–H and O–H groups in total. The molecule has 1 aromatic carbocycles. The third-order valence-electron chi connectivity index (χ3n) is 3.35. The van der Waals surface area contributed by atoms with Crippen LogP contribution in [0.3, 0.4) is 0 Å². The van der Waals surface area contributed by atoms with Crippen molar-refractivity contribution in [3.05, 3.63) is 53.0 Å². The Kier molecular flexibility index (Phi) is 4.43. The summed E-state index contributed by atoms with van der Waals surface area (Å²) >= 11 is 1.53. The van der Waals surface area contributed by atoms with Gasteiger partial charge in [0.25, 0.3) is 0 Å². The number of thiazole rings is 1. The molecule has 2 heterocycles. The summed E-state index contributed by atoms with van der Waals surface area (Å²) in [6.45, 7) is 0.563. The molecule has 2 aromatic heterocycles. The highest BCUT2D eigenvalue weighted by atomic mass is 32.1. The molecule has 0 saturated heterocycles. The SMILES string of the molecule is O=C(CCc1ccc(F)cc1)NCCc1csc2ncnn12. The van der Waals surface area contributed by atoms with Gasteiger partial charge in [0.2, 0.25) is 10.9 Å². The number of nitrogens with zero attached hydrogens (tertiary/aromatic N) is 3. The number of hydrogen-bond donors (Lipinski definition) is 1. The molecule has 3 rings (SSSR count). The Morgan fingerprint density at radius 3 is 2.91 bits per heavy atom. The highest BCUT2D eigenvalue weighted by Gasteiger charge is 2.06. The number of benzene rings is 1. The lowest BCUT2D eigenvalue weighted by Gasteiger charge is -2.05. The van der Waals surface area contributed by atoms with Gasteiger partial charge in [-0.2, -0.15) is 5.10 Å². The van der Waals surface area contributed by atoms with Crippen LogP contribution in [0.1, 0.15) is 17.7 Å². The molecule has 0 atom stereocenters. The Hall–Kier alpha value is -2.28. The minimum atomic E-state index is -0.261. The molecule has 3 aromatic rings. The van der Waals surface area contributed by atoms with E-state index in [9.17, 15) is 9.18 Å². The standard InChI is InChI=1S/C15H15FN4OS/c16-12-4-1-11(2-5-12)3-6-14(21)17-8-7-13-9-22-15-18-10-19-20(13)15/h1-2,4-5,9-10H,3,6-8H2,(H,17,21). The fraction of sp³-hybridized carbons (Fsp3) is 0.267. The van der Waals surface area contributed by atoms with E-state index in [0.29, 0.717) is 25.8 Å². The molecule has 0 radical (unpaired) electrons. The number of nitrogens with one attached hydrogen (secondary N) is 1. The van der Waals surface area contributed by atoms with Crippen LogP contribution >= 0.6 is 11.3 Å². The predicted octanol–water partition coefficient (Wildman–Crippen LogP) is 2.22. The van der Waals surface area contributed by atoms with Gasteiger partial charge in [0.15, 0.2) is 0 Å². The third-order valence-corrected chi connectivity index (χ3v) is 4.23. The highest BCUT2D eigenvalue weighted by molar-refractivity contribution is 7.15. The molecule has 0 fully saturated rings. The van der Waals surface area contributed by atoms with Crippen LogP contribution in [-0.4, -0.2) is 27.0 Å². The van der Waals surface area contributed by atoms with Crippen molar-refractivity contribution < 1.29 is 9.18 Å². The lowest BCUT2D eigenvalue weighted by atomic mass is 10.1. The summed E-state index contributed by atoms with van der Waals surface area (Å²) in [4.78, 5) is 16.8. The Morgan fingerprint density at radius 1 is 1.27 bits per heavy atom. The molecule has 0 aliphatic heterocycles. The zero-order chi connectivity index (χ0) is 15.4. The van der Waals surface area contributed by atoms with E-state index in [1.54, 1.807) is 16.6 Å². The first kappa shape index (κ1) is 14.6. The summed E-state index contributed by atoms with van der Waals surface area (Å²) in [5, 5.41) is 9.02. The second kappa shape index (κ2) is 6.65. The average molecular weight is 318 g/mol. The smallest absolute Gasteiger partial charge is 0.220 e. The van der Waals surface area contributed by atoms with E-state index in [-0.39, 0.29) is 11.7 Å². The minimum absolute atomic E-state index is 0.00520. The molecule has 7 heteroatoms. The van der Waals surface area contributed by atoms with Crippen molar-refractivity contribution >= 4 is 22.2 Å². The molecule has 0 saturated carbocycles. The summed E-state index contributed by atoms with van der Waals surface area (Å²) in [5.74, 6) is -0.266. The number of halogens is 1. The second-order valence-electron chi connectivity index (χ2n) is 4.91. The fourth-order valence-corrected chi connectivity index (χ4v) is 3.00. The highest BCUT2D eigenvalue weighted by Crippen LogP contribution is 2.12. The van der Waals surface area contributed by atoms with Gasteiger partial charge >= 0.3 is 0 Å². The zero-order valence-electron chi connectivity index (χ0n) is 11.8. The predicted molar refractivity (Wildman–Crippen MR) is 82.3 cm³/mol. The number of aromatic nitrogens is 3. The Balaban J connectivity index is 1.42.